The first-order chi connectivity index (χ1) is 6.61. The normalized spacial score (nSPS) is 10.2. The highest BCUT2D eigenvalue weighted by atomic mass is 19.3. The topological polar surface area (TPSA) is 72.3 Å². The fraction of sp³-hybridized carbons (Fsp3) is 0.286. The average molecular weight is 204 g/mol. The number of halogens is 2. The zero-order valence-corrected chi connectivity index (χ0v) is 6.85. The van der Waals surface area contributed by atoms with Crippen molar-refractivity contribution in [2.75, 3.05) is 6.61 Å². The van der Waals surface area contributed by atoms with Crippen LogP contribution in [0.15, 0.2) is 12.4 Å². The quantitative estimate of drug-likeness (QED) is 0.785. The molecule has 1 N–H and O–H groups in total. The minimum atomic E-state index is -2.68. The summed E-state index contributed by atoms with van der Waals surface area (Å²) in [6.07, 6.45) is -0.384. The Bertz CT molecular complexity index is 332. The molecule has 0 aliphatic carbocycles. The number of hydrogen-bond acceptors (Lipinski definition) is 4. The molecule has 0 saturated carbocycles. The van der Waals surface area contributed by atoms with Crippen LogP contribution in [0.25, 0.3) is 0 Å². The van der Waals surface area contributed by atoms with Crippen LogP contribution in [0, 0.1) is 0 Å². The minimum Gasteiger partial charge on any atom is -0.476 e. The third-order valence-corrected chi connectivity index (χ3v) is 1.21. The molecule has 0 fully saturated rings. The van der Waals surface area contributed by atoms with E-state index in [1.165, 1.54) is 0 Å². The van der Waals surface area contributed by atoms with E-state index in [4.69, 9.17) is 5.11 Å². The number of rotatable bonds is 4. The largest absolute Gasteiger partial charge is 0.476 e. The lowest BCUT2D eigenvalue weighted by Gasteiger charge is -2.05. The molecule has 14 heavy (non-hydrogen) atoms. The van der Waals surface area contributed by atoms with Crippen LogP contribution in [0.3, 0.4) is 0 Å². The van der Waals surface area contributed by atoms with Crippen LogP contribution in [0.4, 0.5) is 8.78 Å². The molecule has 0 spiro atoms. The lowest BCUT2D eigenvalue weighted by molar-refractivity contribution is 0.0647. The molecule has 0 radical (unpaired) electrons. The smallest absolute Gasteiger partial charge is 0.360 e. The number of carbonyl (C=O) groups is 1. The Labute approximate surface area is 77.4 Å². The van der Waals surface area contributed by atoms with Gasteiger partial charge in [0.25, 0.3) is 6.43 Å². The molecule has 1 aromatic heterocycles. The van der Waals surface area contributed by atoms with E-state index in [-0.39, 0.29) is 0 Å². The summed E-state index contributed by atoms with van der Waals surface area (Å²) in [6.45, 7) is -0.904. The zero-order valence-electron chi connectivity index (χ0n) is 6.85. The highest BCUT2D eigenvalue weighted by Gasteiger charge is 2.15. The molecular weight excluding hydrogens is 198 g/mol. The molecule has 0 aliphatic rings. The van der Waals surface area contributed by atoms with Gasteiger partial charge < -0.3 is 9.84 Å². The summed E-state index contributed by atoms with van der Waals surface area (Å²) in [4.78, 5) is 17.4. The van der Waals surface area contributed by atoms with Crippen molar-refractivity contribution in [2.45, 2.75) is 6.43 Å². The average Bonchev–Trinajstić information content (AvgIpc) is 2.15. The lowest BCUT2D eigenvalue weighted by Crippen LogP contribution is -2.12. The molecule has 0 amide bonds. The highest BCUT2D eigenvalue weighted by molar-refractivity contribution is 5.87. The summed E-state index contributed by atoms with van der Waals surface area (Å²) in [7, 11) is 0. The second-order valence-corrected chi connectivity index (χ2v) is 2.22. The lowest BCUT2D eigenvalue weighted by atomic mass is 10.4. The molecule has 76 valence electrons. The Kier molecular flexibility index (Phi) is 3.27. The maximum absolute atomic E-state index is 11.7. The molecule has 7 heteroatoms. The summed E-state index contributed by atoms with van der Waals surface area (Å²) >= 11 is 0. The molecule has 0 aliphatic heterocycles. The van der Waals surface area contributed by atoms with Crippen molar-refractivity contribution in [1.82, 2.24) is 9.97 Å². The van der Waals surface area contributed by atoms with Crippen molar-refractivity contribution >= 4 is 5.97 Å². The van der Waals surface area contributed by atoms with Crippen LogP contribution >= 0.6 is 0 Å². The van der Waals surface area contributed by atoms with Crippen LogP contribution in [0.5, 0.6) is 5.88 Å². The second kappa shape index (κ2) is 4.45. The van der Waals surface area contributed by atoms with Gasteiger partial charge >= 0.3 is 5.97 Å². The summed E-state index contributed by atoms with van der Waals surface area (Å²) < 4.78 is 27.9. The molecule has 1 heterocycles. The third-order valence-electron chi connectivity index (χ3n) is 1.21. The Hall–Kier alpha value is -1.79. The van der Waals surface area contributed by atoms with E-state index in [9.17, 15) is 13.6 Å². The standard InChI is InChI=1S/C7H6F2N2O3/c8-4(9)3-14-6-5(7(12)13)10-1-2-11-6/h1-2,4H,3H2,(H,12,13). The number of aromatic carboxylic acids is 1. The first-order valence-electron chi connectivity index (χ1n) is 3.56. The Morgan fingerprint density at radius 3 is 2.71 bits per heavy atom. The summed E-state index contributed by atoms with van der Waals surface area (Å²) in [5.41, 5.74) is -0.479. The van der Waals surface area contributed by atoms with E-state index in [2.05, 4.69) is 14.7 Å². The van der Waals surface area contributed by atoms with Crippen molar-refractivity contribution in [3.63, 3.8) is 0 Å². The van der Waals surface area contributed by atoms with Crippen LogP contribution < -0.4 is 4.74 Å². The Morgan fingerprint density at radius 2 is 2.14 bits per heavy atom. The van der Waals surface area contributed by atoms with Gasteiger partial charge in [0.2, 0.25) is 11.6 Å². The van der Waals surface area contributed by atoms with Gasteiger partial charge in [-0.1, -0.05) is 0 Å². The van der Waals surface area contributed by atoms with E-state index in [1.807, 2.05) is 0 Å². The van der Waals surface area contributed by atoms with Gasteiger partial charge in [0.05, 0.1) is 0 Å². The fourth-order valence-corrected chi connectivity index (χ4v) is 0.720. The Balaban J connectivity index is 2.79. The van der Waals surface area contributed by atoms with Gasteiger partial charge in [-0.2, -0.15) is 0 Å². The van der Waals surface area contributed by atoms with E-state index in [1.54, 1.807) is 0 Å². The van der Waals surface area contributed by atoms with E-state index < -0.39 is 30.6 Å². The predicted molar refractivity (Wildman–Crippen MR) is 40.5 cm³/mol. The summed E-state index contributed by atoms with van der Waals surface area (Å²) in [5.74, 6) is -1.78. The number of aromatic nitrogens is 2. The molecule has 0 saturated heterocycles. The monoisotopic (exact) mass is 204 g/mol. The number of ether oxygens (including phenoxy) is 1. The third kappa shape index (κ3) is 2.61. The van der Waals surface area contributed by atoms with Crippen LogP contribution in [-0.4, -0.2) is 34.1 Å². The fourth-order valence-electron chi connectivity index (χ4n) is 0.720. The zero-order chi connectivity index (χ0) is 10.6. The van der Waals surface area contributed by atoms with E-state index >= 15 is 0 Å². The summed E-state index contributed by atoms with van der Waals surface area (Å²) in [6, 6.07) is 0. The van der Waals surface area contributed by atoms with Crippen molar-refractivity contribution in [3.05, 3.63) is 18.1 Å². The first-order valence-corrected chi connectivity index (χ1v) is 3.56. The van der Waals surface area contributed by atoms with Crippen LogP contribution in [-0.2, 0) is 0 Å². The second-order valence-electron chi connectivity index (χ2n) is 2.22. The molecular formula is C7H6F2N2O3. The first kappa shape index (κ1) is 10.3. The van der Waals surface area contributed by atoms with Crippen molar-refractivity contribution in [2.24, 2.45) is 0 Å². The predicted octanol–water partition coefficient (Wildman–Crippen LogP) is 0.819. The SMILES string of the molecule is O=C(O)c1nccnc1OCC(F)F. The molecule has 0 aromatic carbocycles. The molecule has 1 aromatic rings. The van der Waals surface area contributed by atoms with Crippen molar-refractivity contribution in [3.8, 4) is 5.88 Å². The number of nitrogens with zero attached hydrogens (tertiary/aromatic N) is 2. The number of carboxylic acid groups (broad SMARTS) is 1. The number of carboxylic acids is 1. The van der Waals surface area contributed by atoms with E-state index in [0.29, 0.717) is 0 Å². The van der Waals surface area contributed by atoms with Crippen molar-refractivity contribution in [1.29, 1.82) is 0 Å². The van der Waals surface area contributed by atoms with Gasteiger partial charge in [-0.05, 0) is 0 Å². The van der Waals surface area contributed by atoms with Gasteiger partial charge in [0, 0.05) is 12.4 Å². The van der Waals surface area contributed by atoms with Gasteiger partial charge in [-0.25, -0.2) is 23.5 Å². The van der Waals surface area contributed by atoms with Gasteiger partial charge in [-0.15, -0.1) is 0 Å². The minimum absolute atomic E-state index is 0.402. The maximum atomic E-state index is 11.7. The highest BCUT2D eigenvalue weighted by Crippen LogP contribution is 2.11. The van der Waals surface area contributed by atoms with Crippen molar-refractivity contribution < 1.29 is 23.4 Å². The number of alkyl halides is 2. The molecule has 1 rings (SSSR count). The molecule has 0 atom stereocenters. The van der Waals surface area contributed by atoms with Gasteiger partial charge in [-0.3, -0.25) is 0 Å². The maximum Gasteiger partial charge on any atom is 0.360 e. The van der Waals surface area contributed by atoms with E-state index in [0.717, 1.165) is 12.4 Å². The molecule has 5 nitrogen and oxygen atoms in total. The number of hydrogen-bond donors (Lipinski definition) is 1. The van der Waals surface area contributed by atoms with Gasteiger partial charge in [0.15, 0.2) is 6.61 Å². The molecule has 0 unspecified atom stereocenters. The van der Waals surface area contributed by atoms with Crippen LogP contribution in [0.2, 0.25) is 0 Å². The summed E-state index contributed by atoms with van der Waals surface area (Å²) in [5, 5.41) is 8.56. The molecule has 0 bridgehead atoms. The van der Waals surface area contributed by atoms with Crippen LogP contribution in [0.1, 0.15) is 10.5 Å². The Morgan fingerprint density at radius 1 is 1.50 bits per heavy atom. The van der Waals surface area contributed by atoms with Gasteiger partial charge in [0.1, 0.15) is 0 Å².